The van der Waals surface area contributed by atoms with Crippen LogP contribution in [-0.4, -0.2) is 4.98 Å². The third kappa shape index (κ3) is 1.96. The third-order valence-electron chi connectivity index (χ3n) is 2.91. The van der Waals surface area contributed by atoms with Crippen LogP contribution in [0.5, 0.6) is 0 Å². The number of aromatic nitrogens is 1. The van der Waals surface area contributed by atoms with E-state index < -0.39 is 0 Å². The van der Waals surface area contributed by atoms with Crippen LogP contribution in [0.4, 0.5) is 0 Å². The van der Waals surface area contributed by atoms with Crippen molar-refractivity contribution in [2.75, 3.05) is 0 Å². The fourth-order valence-electron chi connectivity index (χ4n) is 2.00. The van der Waals surface area contributed by atoms with Gasteiger partial charge in [-0.2, -0.15) is 0 Å². The molecule has 2 nitrogen and oxygen atoms in total. The lowest BCUT2D eigenvalue weighted by atomic mass is 10.0. The Bertz CT molecular complexity index is 644. The zero-order chi connectivity index (χ0) is 12.7. The van der Waals surface area contributed by atoms with Gasteiger partial charge < -0.3 is 4.98 Å². The Balaban J connectivity index is 2.97. The van der Waals surface area contributed by atoms with Crippen LogP contribution in [0.2, 0.25) is 10.0 Å². The lowest BCUT2D eigenvalue weighted by Crippen LogP contribution is -2.13. The molecular formula is C13H13Cl2NO. The second-order valence-corrected chi connectivity index (χ2v) is 5.22. The highest BCUT2D eigenvalue weighted by molar-refractivity contribution is 6.45. The van der Waals surface area contributed by atoms with Crippen molar-refractivity contribution in [3.8, 4) is 0 Å². The number of rotatable bonds is 1. The molecule has 17 heavy (non-hydrogen) atoms. The normalized spacial score (nSPS) is 11.4. The van der Waals surface area contributed by atoms with Gasteiger partial charge in [0.1, 0.15) is 0 Å². The molecule has 4 heteroatoms. The predicted octanol–water partition coefficient (Wildman–Crippen LogP) is 4.27. The molecule has 0 unspecified atom stereocenters. The number of halogens is 2. The number of hydrogen-bond acceptors (Lipinski definition) is 1. The minimum atomic E-state index is -0.0463. The zero-order valence-corrected chi connectivity index (χ0v) is 11.4. The van der Waals surface area contributed by atoms with E-state index in [-0.39, 0.29) is 11.3 Å². The van der Waals surface area contributed by atoms with Crippen molar-refractivity contribution in [2.45, 2.75) is 26.7 Å². The molecule has 0 radical (unpaired) electrons. The van der Waals surface area contributed by atoms with Gasteiger partial charge in [-0.25, -0.2) is 0 Å². The van der Waals surface area contributed by atoms with Gasteiger partial charge in [0.15, 0.2) is 5.43 Å². The summed E-state index contributed by atoms with van der Waals surface area (Å²) < 4.78 is 0. The highest BCUT2D eigenvalue weighted by Gasteiger charge is 2.14. The number of pyridine rings is 1. The fraction of sp³-hybridized carbons (Fsp3) is 0.308. The minimum Gasteiger partial charge on any atom is -0.358 e. The molecule has 2 rings (SSSR count). The molecular weight excluding hydrogens is 257 g/mol. The molecule has 0 aliphatic carbocycles. The summed E-state index contributed by atoms with van der Waals surface area (Å²) in [6.45, 7) is 5.90. The van der Waals surface area contributed by atoms with E-state index in [9.17, 15) is 4.79 Å². The van der Waals surface area contributed by atoms with Gasteiger partial charge in [0.25, 0.3) is 0 Å². The van der Waals surface area contributed by atoms with Crippen molar-refractivity contribution < 1.29 is 0 Å². The molecule has 0 atom stereocenters. The molecule has 90 valence electrons. The summed E-state index contributed by atoms with van der Waals surface area (Å²) in [5.41, 5.74) is 2.34. The molecule has 0 fully saturated rings. The van der Waals surface area contributed by atoms with Gasteiger partial charge in [0.05, 0.1) is 20.9 Å². The van der Waals surface area contributed by atoms with E-state index in [4.69, 9.17) is 23.2 Å². The van der Waals surface area contributed by atoms with Gasteiger partial charge in [0.2, 0.25) is 0 Å². The Kier molecular flexibility index (Phi) is 3.19. The summed E-state index contributed by atoms with van der Waals surface area (Å²) in [5, 5.41) is 1.20. The van der Waals surface area contributed by atoms with E-state index in [1.807, 2.05) is 20.8 Å². The van der Waals surface area contributed by atoms with E-state index in [1.165, 1.54) is 0 Å². The van der Waals surface area contributed by atoms with Gasteiger partial charge in [-0.05, 0) is 25.0 Å². The molecule has 0 saturated carbocycles. The van der Waals surface area contributed by atoms with Crippen molar-refractivity contribution in [3.63, 3.8) is 0 Å². The van der Waals surface area contributed by atoms with Crippen LogP contribution in [0.1, 0.15) is 31.0 Å². The van der Waals surface area contributed by atoms with Crippen LogP contribution in [0, 0.1) is 6.92 Å². The Morgan fingerprint density at radius 2 is 1.88 bits per heavy atom. The molecule has 0 spiro atoms. The molecule has 0 saturated heterocycles. The van der Waals surface area contributed by atoms with Crippen LogP contribution >= 0.6 is 23.2 Å². The first-order chi connectivity index (χ1) is 7.93. The van der Waals surface area contributed by atoms with Crippen LogP contribution < -0.4 is 5.43 Å². The van der Waals surface area contributed by atoms with Crippen molar-refractivity contribution in [1.29, 1.82) is 0 Å². The number of aromatic amines is 1. The second kappa shape index (κ2) is 4.35. The zero-order valence-electron chi connectivity index (χ0n) is 9.90. The van der Waals surface area contributed by atoms with Gasteiger partial charge in [-0.3, -0.25) is 4.79 Å². The summed E-state index contributed by atoms with van der Waals surface area (Å²) in [5.74, 6) is 0.265. The summed E-state index contributed by atoms with van der Waals surface area (Å²) >= 11 is 12.0. The Morgan fingerprint density at radius 3 is 2.47 bits per heavy atom. The maximum Gasteiger partial charge on any atom is 0.194 e. The average Bonchev–Trinajstić information content (AvgIpc) is 2.27. The molecule has 0 aliphatic heterocycles. The lowest BCUT2D eigenvalue weighted by molar-refractivity contribution is 0.816. The first-order valence-electron chi connectivity index (χ1n) is 5.44. The Hall–Kier alpha value is -0.990. The predicted molar refractivity (Wildman–Crippen MR) is 73.4 cm³/mol. The first-order valence-corrected chi connectivity index (χ1v) is 6.19. The van der Waals surface area contributed by atoms with E-state index in [2.05, 4.69) is 4.98 Å². The van der Waals surface area contributed by atoms with Crippen molar-refractivity contribution in [1.82, 2.24) is 4.98 Å². The summed E-state index contributed by atoms with van der Waals surface area (Å²) in [4.78, 5) is 15.5. The number of fused-ring (bicyclic) bond motifs is 1. The van der Waals surface area contributed by atoms with Gasteiger partial charge in [0, 0.05) is 11.3 Å². The number of H-pyrrole nitrogens is 1. The molecule has 1 heterocycles. The lowest BCUT2D eigenvalue weighted by Gasteiger charge is -2.12. The molecule has 2 aromatic rings. The van der Waals surface area contributed by atoms with Crippen LogP contribution in [0.15, 0.2) is 16.9 Å². The van der Waals surface area contributed by atoms with Gasteiger partial charge >= 0.3 is 0 Å². The standard InChI is InChI=1S/C13H13Cl2NO/c1-6(2)12-7(3)13(17)10-9(16-12)5-4-8(14)11(10)15/h4-6H,1-3H3,(H,16,17). The molecule has 0 bridgehead atoms. The largest absolute Gasteiger partial charge is 0.358 e. The molecule has 1 N–H and O–H groups in total. The number of nitrogens with one attached hydrogen (secondary N) is 1. The maximum absolute atomic E-state index is 12.3. The van der Waals surface area contributed by atoms with E-state index in [1.54, 1.807) is 12.1 Å². The maximum atomic E-state index is 12.3. The van der Waals surface area contributed by atoms with E-state index in [0.29, 0.717) is 21.0 Å². The molecule has 0 aliphatic rings. The SMILES string of the molecule is Cc1c(C(C)C)[nH]c2ccc(Cl)c(Cl)c2c1=O. The topological polar surface area (TPSA) is 32.9 Å². The Morgan fingerprint density at radius 1 is 1.24 bits per heavy atom. The summed E-state index contributed by atoms with van der Waals surface area (Å²) in [6, 6.07) is 3.48. The summed E-state index contributed by atoms with van der Waals surface area (Å²) in [6.07, 6.45) is 0. The summed E-state index contributed by atoms with van der Waals surface area (Å²) in [7, 11) is 0. The third-order valence-corrected chi connectivity index (χ3v) is 3.72. The molecule has 0 amide bonds. The molecule has 1 aromatic carbocycles. The van der Waals surface area contributed by atoms with Gasteiger partial charge in [-0.15, -0.1) is 0 Å². The van der Waals surface area contributed by atoms with Crippen molar-refractivity contribution in [2.24, 2.45) is 0 Å². The highest BCUT2D eigenvalue weighted by Crippen LogP contribution is 2.29. The van der Waals surface area contributed by atoms with E-state index >= 15 is 0 Å². The minimum absolute atomic E-state index is 0.0463. The second-order valence-electron chi connectivity index (χ2n) is 4.43. The first kappa shape index (κ1) is 12.5. The van der Waals surface area contributed by atoms with Crippen molar-refractivity contribution in [3.05, 3.63) is 43.7 Å². The quantitative estimate of drug-likeness (QED) is 0.824. The van der Waals surface area contributed by atoms with Crippen LogP contribution in [0.25, 0.3) is 10.9 Å². The Labute approximate surface area is 110 Å². The average molecular weight is 270 g/mol. The van der Waals surface area contributed by atoms with Crippen molar-refractivity contribution >= 4 is 34.1 Å². The number of benzene rings is 1. The van der Waals surface area contributed by atoms with Crippen LogP contribution in [-0.2, 0) is 0 Å². The van der Waals surface area contributed by atoms with Gasteiger partial charge in [-0.1, -0.05) is 37.0 Å². The monoisotopic (exact) mass is 269 g/mol. The van der Waals surface area contributed by atoms with Crippen LogP contribution in [0.3, 0.4) is 0 Å². The fourth-order valence-corrected chi connectivity index (χ4v) is 2.41. The molecule has 1 aromatic heterocycles. The number of hydrogen-bond donors (Lipinski definition) is 1. The smallest absolute Gasteiger partial charge is 0.194 e. The highest BCUT2D eigenvalue weighted by atomic mass is 35.5. The van der Waals surface area contributed by atoms with E-state index in [0.717, 1.165) is 11.2 Å².